The van der Waals surface area contributed by atoms with Crippen molar-refractivity contribution in [3.8, 4) is 0 Å². The number of rotatable bonds is 4. The molecule has 3 aliphatic heterocycles. The molecule has 27 heavy (non-hydrogen) atoms. The maximum Gasteiger partial charge on any atom is 0.255 e. The number of hydrogen-bond donors (Lipinski definition) is 3. The molecular formula is C20H24N4O3. The summed E-state index contributed by atoms with van der Waals surface area (Å²) >= 11 is 0. The summed E-state index contributed by atoms with van der Waals surface area (Å²) in [5.41, 5.74) is 3.27. The van der Waals surface area contributed by atoms with Crippen LogP contribution in [0, 0.1) is 5.41 Å². The van der Waals surface area contributed by atoms with Gasteiger partial charge in [-0.1, -0.05) is 12.1 Å². The maximum absolute atomic E-state index is 12.7. The summed E-state index contributed by atoms with van der Waals surface area (Å²) in [6, 6.07) is 5.92. The van der Waals surface area contributed by atoms with E-state index in [1.807, 2.05) is 12.1 Å². The number of carbonyl (C=O) groups is 3. The SMILES string of the molecule is O=C1CCC(N2Cc3cc(CNC4CNCC45CC5)ccc3C2=O)C(=O)N1. The summed E-state index contributed by atoms with van der Waals surface area (Å²) in [4.78, 5) is 37.8. The fourth-order valence-corrected chi connectivity index (χ4v) is 4.76. The van der Waals surface area contributed by atoms with Gasteiger partial charge in [0.15, 0.2) is 0 Å². The zero-order valence-corrected chi connectivity index (χ0v) is 15.2. The molecule has 1 spiro atoms. The lowest BCUT2D eigenvalue weighted by atomic mass is 10.00. The minimum atomic E-state index is -0.552. The number of fused-ring (bicyclic) bond motifs is 1. The third-order valence-electron chi connectivity index (χ3n) is 6.60. The number of imide groups is 1. The van der Waals surface area contributed by atoms with Gasteiger partial charge in [0, 0.05) is 44.2 Å². The van der Waals surface area contributed by atoms with Gasteiger partial charge in [-0.3, -0.25) is 19.7 Å². The van der Waals surface area contributed by atoms with Gasteiger partial charge < -0.3 is 15.5 Å². The summed E-state index contributed by atoms with van der Waals surface area (Å²) in [5.74, 6) is -0.739. The predicted molar refractivity (Wildman–Crippen MR) is 97.7 cm³/mol. The highest BCUT2D eigenvalue weighted by Crippen LogP contribution is 2.50. The predicted octanol–water partition coefficient (Wildman–Crippen LogP) is 0.289. The van der Waals surface area contributed by atoms with Crippen LogP contribution >= 0.6 is 0 Å². The van der Waals surface area contributed by atoms with Crippen molar-refractivity contribution in [1.29, 1.82) is 0 Å². The van der Waals surface area contributed by atoms with E-state index in [2.05, 4.69) is 22.0 Å². The summed E-state index contributed by atoms with van der Waals surface area (Å²) in [6.07, 6.45) is 3.28. The van der Waals surface area contributed by atoms with Crippen LogP contribution in [0.4, 0.5) is 0 Å². The second-order valence-corrected chi connectivity index (χ2v) is 8.32. The summed E-state index contributed by atoms with van der Waals surface area (Å²) in [7, 11) is 0. The molecule has 142 valence electrons. The summed E-state index contributed by atoms with van der Waals surface area (Å²) in [6.45, 7) is 3.36. The lowest BCUT2D eigenvalue weighted by Gasteiger charge is -2.29. The molecule has 1 aliphatic carbocycles. The Morgan fingerprint density at radius 1 is 1.22 bits per heavy atom. The zero-order valence-electron chi connectivity index (χ0n) is 15.2. The second kappa shape index (κ2) is 6.14. The van der Waals surface area contributed by atoms with E-state index in [1.54, 1.807) is 4.90 Å². The first kappa shape index (κ1) is 16.9. The minimum Gasteiger partial charge on any atom is -0.322 e. The van der Waals surface area contributed by atoms with E-state index in [9.17, 15) is 14.4 Å². The Balaban J connectivity index is 1.27. The lowest BCUT2D eigenvalue weighted by molar-refractivity contribution is -0.136. The molecule has 3 N–H and O–H groups in total. The minimum absolute atomic E-state index is 0.115. The topological polar surface area (TPSA) is 90.5 Å². The van der Waals surface area contributed by atoms with Crippen molar-refractivity contribution < 1.29 is 14.4 Å². The average molecular weight is 368 g/mol. The van der Waals surface area contributed by atoms with Gasteiger partial charge in [0.25, 0.3) is 5.91 Å². The molecule has 5 rings (SSSR count). The van der Waals surface area contributed by atoms with E-state index in [4.69, 9.17) is 0 Å². The van der Waals surface area contributed by atoms with E-state index in [1.165, 1.54) is 12.8 Å². The van der Waals surface area contributed by atoms with E-state index < -0.39 is 6.04 Å². The van der Waals surface area contributed by atoms with Crippen LogP contribution in [0.1, 0.15) is 47.2 Å². The van der Waals surface area contributed by atoms with Crippen LogP contribution in [0.25, 0.3) is 0 Å². The number of piperidine rings is 1. The highest BCUT2D eigenvalue weighted by Gasteiger charge is 2.51. The molecule has 1 aromatic rings. The number of nitrogens with one attached hydrogen (secondary N) is 3. The average Bonchev–Trinajstić information content (AvgIpc) is 3.20. The Bertz CT molecular complexity index is 833. The molecule has 4 aliphatic rings. The van der Waals surface area contributed by atoms with Gasteiger partial charge in [-0.25, -0.2) is 0 Å². The van der Waals surface area contributed by atoms with Gasteiger partial charge in [-0.15, -0.1) is 0 Å². The molecular weight excluding hydrogens is 344 g/mol. The van der Waals surface area contributed by atoms with Gasteiger partial charge in [-0.05, 0) is 41.9 Å². The zero-order chi connectivity index (χ0) is 18.6. The molecule has 7 nitrogen and oxygen atoms in total. The number of benzene rings is 1. The number of nitrogens with zero attached hydrogens (tertiary/aromatic N) is 1. The summed E-state index contributed by atoms with van der Waals surface area (Å²) in [5, 5.41) is 9.50. The molecule has 1 saturated carbocycles. The van der Waals surface area contributed by atoms with E-state index in [0.717, 1.165) is 30.8 Å². The van der Waals surface area contributed by atoms with Crippen molar-refractivity contribution in [2.75, 3.05) is 13.1 Å². The van der Waals surface area contributed by atoms with Crippen LogP contribution in [0.2, 0.25) is 0 Å². The largest absolute Gasteiger partial charge is 0.322 e. The molecule has 2 atom stereocenters. The molecule has 1 aromatic carbocycles. The first-order valence-corrected chi connectivity index (χ1v) is 9.76. The van der Waals surface area contributed by atoms with E-state index in [0.29, 0.717) is 30.0 Å². The standard InChI is InChI=1S/C20H24N4O3/c25-17-4-3-15(18(26)23-17)24-10-13-7-12(1-2-14(13)19(24)27)8-22-16-9-21-11-20(16)5-6-20/h1-2,7,15-16,21-22H,3-6,8-11H2,(H,23,25,26). The molecule has 2 saturated heterocycles. The molecule has 0 aromatic heterocycles. The maximum atomic E-state index is 12.7. The summed E-state index contributed by atoms with van der Waals surface area (Å²) < 4.78 is 0. The highest BCUT2D eigenvalue weighted by atomic mass is 16.2. The van der Waals surface area contributed by atoms with Gasteiger partial charge >= 0.3 is 0 Å². The number of carbonyl (C=O) groups excluding carboxylic acids is 3. The van der Waals surface area contributed by atoms with Crippen molar-refractivity contribution >= 4 is 17.7 Å². The lowest BCUT2D eigenvalue weighted by Crippen LogP contribution is -2.52. The van der Waals surface area contributed by atoms with Crippen molar-refractivity contribution in [3.05, 3.63) is 34.9 Å². The Labute approximate surface area is 157 Å². The van der Waals surface area contributed by atoms with Gasteiger partial charge in [0.05, 0.1) is 0 Å². The first-order valence-electron chi connectivity index (χ1n) is 9.76. The van der Waals surface area contributed by atoms with Crippen LogP contribution in [0.3, 0.4) is 0 Å². The van der Waals surface area contributed by atoms with Crippen LogP contribution in [-0.4, -0.2) is 47.8 Å². The number of amides is 3. The van der Waals surface area contributed by atoms with Crippen molar-refractivity contribution in [2.45, 2.75) is 50.9 Å². The Morgan fingerprint density at radius 3 is 2.85 bits per heavy atom. The Morgan fingerprint density at radius 2 is 2.07 bits per heavy atom. The Kier molecular flexibility index (Phi) is 3.84. The molecule has 2 unspecified atom stereocenters. The number of hydrogen-bond acceptors (Lipinski definition) is 5. The molecule has 3 fully saturated rings. The van der Waals surface area contributed by atoms with Gasteiger partial charge in [0.2, 0.25) is 11.8 Å². The van der Waals surface area contributed by atoms with Crippen LogP contribution in [0.5, 0.6) is 0 Å². The van der Waals surface area contributed by atoms with E-state index >= 15 is 0 Å². The van der Waals surface area contributed by atoms with Gasteiger partial charge in [-0.2, -0.15) is 0 Å². The van der Waals surface area contributed by atoms with Gasteiger partial charge in [0.1, 0.15) is 6.04 Å². The van der Waals surface area contributed by atoms with Crippen molar-refractivity contribution in [2.24, 2.45) is 5.41 Å². The quantitative estimate of drug-likeness (QED) is 0.665. The molecule has 3 amide bonds. The molecule has 0 bridgehead atoms. The molecule has 3 heterocycles. The molecule has 7 heteroatoms. The molecule has 0 radical (unpaired) electrons. The van der Waals surface area contributed by atoms with Crippen molar-refractivity contribution in [3.63, 3.8) is 0 Å². The van der Waals surface area contributed by atoms with Crippen LogP contribution in [-0.2, 0) is 22.7 Å². The highest BCUT2D eigenvalue weighted by molar-refractivity contribution is 6.05. The fraction of sp³-hybridized carbons (Fsp3) is 0.550. The van der Waals surface area contributed by atoms with Crippen LogP contribution < -0.4 is 16.0 Å². The van der Waals surface area contributed by atoms with Crippen LogP contribution in [0.15, 0.2) is 18.2 Å². The normalized spacial score (nSPS) is 28.6. The smallest absolute Gasteiger partial charge is 0.255 e. The van der Waals surface area contributed by atoms with Crippen molar-refractivity contribution in [1.82, 2.24) is 20.9 Å². The fourth-order valence-electron chi connectivity index (χ4n) is 4.76. The monoisotopic (exact) mass is 368 g/mol. The third-order valence-corrected chi connectivity index (χ3v) is 6.60. The van der Waals surface area contributed by atoms with E-state index in [-0.39, 0.29) is 24.1 Å². The Hall–Kier alpha value is -2.25. The third kappa shape index (κ3) is 2.85. The second-order valence-electron chi connectivity index (χ2n) is 8.32. The first-order chi connectivity index (χ1) is 13.1.